The van der Waals surface area contributed by atoms with Crippen molar-refractivity contribution in [2.45, 2.75) is 18.0 Å². The summed E-state index contributed by atoms with van der Waals surface area (Å²) in [6.07, 6.45) is -0.830. The Morgan fingerprint density at radius 2 is 1.88 bits per heavy atom. The van der Waals surface area contributed by atoms with Gasteiger partial charge in [-0.15, -0.1) is 0 Å². The number of halogens is 1. The summed E-state index contributed by atoms with van der Waals surface area (Å²) in [6, 6.07) is 5.04. The van der Waals surface area contributed by atoms with E-state index < -0.39 is 22.0 Å². The molecular weight excluding hydrogens is 247 g/mol. The monoisotopic (exact) mass is 260 g/mol. The van der Waals surface area contributed by atoms with Crippen molar-refractivity contribution in [2.24, 2.45) is 0 Å². The Hall–Kier alpha value is -1.43. The van der Waals surface area contributed by atoms with Crippen molar-refractivity contribution in [2.75, 3.05) is 12.9 Å². The van der Waals surface area contributed by atoms with E-state index in [2.05, 4.69) is 4.74 Å². The van der Waals surface area contributed by atoms with Gasteiger partial charge in [0.2, 0.25) is 6.17 Å². The number of hydrogen-bond donors (Lipinski definition) is 0. The van der Waals surface area contributed by atoms with Gasteiger partial charge in [-0.2, -0.15) is 0 Å². The molecule has 0 spiro atoms. The van der Waals surface area contributed by atoms with Gasteiger partial charge in [-0.05, 0) is 24.6 Å². The van der Waals surface area contributed by atoms with E-state index in [4.69, 9.17) is 0 Å². The second kappa shape index (κ2) is 5.27. The van der Waals surface area contributed by atoms with Crippen LogP contribution in [0.4, 0.5) is 4.39 Å². The third kappa shape index (κ3) is 3.52. The summed E-state index contributed by atoms with van der Waals surface area (Å²) in [6.45, 7) is 1.68. The van der Waals surface area contributed by atoms with E-state index in [0.29, 0.717) is 0 Å². The van der Waals surface area contributed by atoms with Crippen LogP contribution in [0.3, 0.4) is 0 Å². The molecule has 1 atom stereocenters. The van der Waals surface area contributed by atoms with E-state index >= 15 is 0 Å². The number of ether oxygens (including phenoxy) is 1. The predicted molar refractivity (Wildman–Crippen MR) is 60.0 cm³/mol. The van der Waals surface area contributed by atoms with Gasteiger partial charge in [0.15, 0.2) is 9.84 Å². The number of alkyl halides is 1. The number of benzene rings is 1. The van der Waals surface area contributed by atoms with Gasteiger partial charge >= 0.3 is 5.97 Å². The van der Waals surface area contributed by atoms with E-state index in [-0.39, 0.29) is 17.1 Å². The minimum absolute atomic E-state index is 0.0795. The minimum atomic E-state index is -3.31. The molecule has 0 radical (unpaired) electrons. The molecule has 0 aromatic heterocycles. The van der Waals surface area contributed by atoms with Crippen LogP contribution in [-0.4, -0.2) is 27.2 Å². The summed E-state index contributed by atoms with van der Waals surface area (Å²) in [5.74, 6) is -0.973. The lowest BCUT2D eigenvalue weighted by Crippen LogP contribution is -2.12. The molecule has 1 unspecified atom stereocenters. The number of hydrogen-bond acceptors (Lipinski definition) is 4. The van der Waals surface area contributed by atoms with Crippen LogP contribution >= 0.6 is 0 Å². The molecule has 0 bridgehead atoms. The SMILES string of the molecule is CCOC(=O)C(F)c1ccc(S(C)(=O)=O)cc1. The second-order valence-corrected chi connectivity index (χ2v) is 5.47. The molecule has 0 fully saturated rings. The first-order valence-corrected chi connectivity index (χ1v) is 6.86. The Balaban J connectivity index is 2.92. The highest BCUT2D eigenvalue weighted by atomic mass is 32.2. The fraction of sp³-hybridized carbons (Fsp3) is 0.364. The van der Waals surface area contributed by atoms with E-state index in [1.54, 1.807) is 6.92 Å². The maximum absolute atomic E-state index is 13.5. The third-order valence-corrected chi connectivity index (χ3v) is 3.22. The van der Waals surface area contributed by atoms with Crippen LogP contribution in [0, 0.1) is 0 Å². The maximum Gasteiger partial charge on any atom is 0.345 e. The van der Waals surface area contributed by atoms with Gasteiger partial charge in [-0.25, -0.2) is 17.6 Å². The van der Waals surface area contributed by atoms with E-state index in [0.717, 1.165) is 6.26 Å². The van der Waals surface area contributed by atoms with Crippen molar-refractivity contribution in [1.29, 1.82) is 0 Å². The molecule has 0 heterocycles. The molecule has 0 aliphatic rings. The van der Waals surface area contributed by atoms with Crippen LogP contribution in [0.15, 0.2) is 29.2 Å². The predicted octanol–water partition coefficient (Wildman–Crippen LogP) is 1.66. The van der Waals surface area contributed by atoms with Crippen molar-refractivity contribution >= 4 is 15.8 Å². The average molecular weight is 260 g/mol. The Morgan fingerprint density at radius 3 is 2.29 bits per heavy atom. The van der Waals surface area contributed by atoms with Gasteiger partial charge in [0.05, 0.1) is 11.5 Å². The first-order valence-electron chi connectivity index (χ1n) is 4.97. The van der Waals surface area contributed by atoms with Crippen molar-refractivity contribution in [3.8, 4) is 0 Å². The number of esters is 1. The number of rotatable bonds is 4. The maximum atomic E-state index is 13.5. The van der Waals surface area contributed by atoms with Gasteiger partial charge < -0.3 is 4.74 Å². The molecule has 1 rings (SSSR count). The molecule has 0 N–H and O–H groups in total. The Bertz CT molecular complexity index is 493. The molecule has 6 heteroatoms. The summed E-state index contributed by atoms with van der Waals surface area (Å²) in [5.41, 5.74) is 0.0795. The Morgan fingerprint density at radius 1 is 1.35 bits per heavy atom. The molecule has 17 heavy (non-hydrogen) atoms. The molecule has 0 saturated carbocycles. The molecule has 1 aromatic rings. The number of sulfone groups is 1. The molecule has 0 saturated heterocycles. The lowest BCUT2D eigenvalue weighted by atomic mass is 10.1. The van der Waals surface area contributed by atoms with Crippen molar-refractivity contribution in [3.63, 3.8) is 0 Å². The number of carbonyl (C=O) groups excluding carboxylic acids is 1. The zero-order chi connectivity index (χ0) is 13.1. The average Bonchev–Trinajstić information content (AvgIpc) is 2.27. The van der Waals surface area contributed by atoms with Gasteiger partial charge in [0, 0.05) is 6.26 Å². The summed E-state index contributed by atoms with van der Waals surface area (Å²) in [4.78, 5) is 11.2. The zero-order valence-electron chi connectivity index (χ0n) is 9.51. The third-order valence-electron chi connectivity index (χ3n) is 2.09. The van der Waals surface area contributed by atoms with Gasteiger partial charge in [0.25, 0.3) is 0 Å². The second-order valence-electron chi connectivity index (χ2n) is 3.46. The summed E-state index contributed by atoms with van der Waals surface area (Å²) >= 11 is 0. The Labute approximate surface area is 99.3 Å². The topological polar surface area (TPSA) is 60.4 Å². The largest absolute Gasteiger partial charge is 0.464 e. The number of carbonyl (C=O) groups is 1. The zero-order valence-corrected chi connectivity index (χ0v) is 10.3. The molecule has 94 valence electrons. The van der Waals surface area contributed by atoms with Gasteiger partial charge in [-0.3, -0.25) is 0 Å². The van der Waals surface area contributed by atoms with Crippen molar-refractivity contribution in [3.05, 3.63) is 29.8 Å². The van der Waals surface area contributed by atoms with Crippen LogP contribution in [0.2, 0.25) is 0 Å². The minimum Gasteiger partial charge on any atom is -0.464 e. The highest BCUT2D eigenvalue weighted by molar-refractivity contribution is 7.90. The summed E-state index contributed by atoms with van der Waals surface area (Å²) in [7, 11) is -3.31. The van der Waals surface area contributed by atoms with Gasteiger partial charge in [0.1, 0.15) is 0 Å². The fourth-order valence-corrected chi connectivity index (χ4v) is 1.87. The van der Waals surface area contributed by atoms with Crippen molar-refractivity contribution in [1.82, 2.24) is 0 Å². The van der Waals surface area contributed by atoms with Crippen LogP contribution in [0.25, 0.3) is 0 Å². The molecule has 0 amide bonds. The molecule has 1 aromatic carbocycles. The normalized spacial score (nSPS) is 13.1. The lowest BCUT2D eigenvalue weighted by molar-refractivity contribution is -0.149. The van der Waals surface area contributed by atoms with Crippen LogP contribution in [-0.2, 0) is 19.4 Å². The van der Waals surface area contributed by atoms with Crippen LogP contribution in [0.5, 0.6) is 0 Å². The molecule has 0 aliphatic heterocycles. The lowest BCUT2D eigenvalue weighted by Gasteiger charge is -2.08. The highest BCUT2D eigenvalue weighted by Crippen LogP contribution is 2.20. The Kier molecular flexibility index (Phi) is 4.22. The standard InChI is InChI=1S/C11H13FO4S/c1-3-16-11(13)10(12)8-4-6-9(7-5-8)17(2,14)15/h4-7,10H,3H2,1-2H3. The quantitative estimate of drug-likeness (QED) is 0.772. The smallest absolute Gasteiger partial charge is 0.345 e. The van der Waals surface area contributed by atoms with Gasteiger partial charge in [-0.1, -0.05) is 12.1 Å². The summed E-state index contributed by atoms with van der Waals surface area (Å²) in [5, 5.41) is 0. The van der Waals surface area contributed by atoms with Crippen LogP contribution < -0.4 is 0 Å². The molecule has 4 nitrogen and oxygen atoms in total. The van der Waals surface area contributed by atoms with Crippen molar-refractivity contribution < 1.29 is 22.3 Å². The van der Waals surface area contributed by atoms with E-state index in [1.807, 2.05) is 0 Å². The molecular formula is C11H13FO4S. The fourth-order valence-electron chi connectivity index (χ4n) is 1.24. The summed E-state index contributed by atoms with van der Waals surface area (Å²) < 4.78 is 40.4. The first-order chi connectivity index (χ1) is 7.86. The highest BCUT2D eigenvalue weighted by Gasteiger charge is 2.21. The first kappa shape index (κ1) is 13.6. The van der Waals surface area contributed by atoms with Crippen LogP contribution in [0.1, 0.15) is 18.7 Å². The van der Waals surface area contributed by atoms with E-state index in [9.17, 15) is 17.6 Å². The van der Waals surface area contributed by atoms with E-state index in [1.165, 1.54) is 24.3 Å². The molecule has 0 aliphatic carbocycles.